The summed E-state index contributed by atoms with van der Waals surface area (Å²) in [6.45, 7) is 2.18. The van der Waals surface area contributed by atoms with Crippen molar-refractivity contribution in [2.24, 2.45) is 0 Å². The maximum Gasteiger partial charge on any atom is 0.277 e. The van der Waals surface area contributed by atoms with Gasteiger partial charge in [0.25, 0.3) is 11.8 Å². The molecule has 1 spiro atoms. The SMILES string of the molecule is C[C@@H]1COC23CCOCC2n2cc(C(=O)NCc4ccc(F)c(Cl)c4F)c(=O)c(O)c2C(=O)N13. The fourth-order valence-corrected chi connectivity index (χ4v) is 5.12. The number of nitrogens with one attached hydrogen (secondary N) is 1. The molecule has 0 saturated carbocycles. The Morgan fingerprint density at radius 2 is 2.09 bits per heavy atom. The van der Waals surface area contributed by atoms with Gasteiger partial charge in [0.15, 0.2) is 17.2 Å². The molecule has 2 N–H and O–H groups in total. The maximum atomic E-state index is 14.2. The zero-order chi connectivity index (χ0) is 24.4. The normalized spacial score (nSPS) is 25.5. The summed E-state index contributed by atoms with van der Waals surface area (Å²) >= 11 is 5.56. The van der Waals surface area contributed by atoms with Gasteiger partial charge in [-0.1, -0.05) is 17.7 Å². The smallest absolute Gasteiger partial charge is 0.277 e. The number of carbonyl (C=O) groups excluding carboxylic acids is 2. The van der Waals surface area contributed by atoms with Crippen molar-refractivity contribution in [2.75, 3.05) is 19.8 Å². The second kappa shape index (κ2) is 8.03. The third-order valence-electron chi connectivity index (χ3n) is 6.59. The summed E-state index contributed by atoms with van der Waals surface area (Å²) in [5.74, 6) is -4.35. The number of benzene rings is 1. The van der Waals surface area contributed by atoms with Crippen molar-refractivity contribution in [3.8, 4) is 5.75 Å². The van der Waals surface area contributed by atoms with E-state index in [-0.39, 0.29) is 30.5 Å². The molecule has 9 nitrogen and oxygen atoms in total. The molecule has 5 rings (SSSR count). The van der Waals surface area contributed by atoms with Crippen molar-refractivity contribution in [3.05, 3.63) is 62.0 Å². The van der Waals surface area contributed by atoms with Gasteiger partial charge in [-0.05, 0) is 13.0 Å². The Balaban J connectivity index is 1.53. The zero-order valence-corrected chi connectivity index (χ0v) is 18.7. The molecule has 0 aliphatic carbocycles. The Morgan fingerprint density at radius 1 is 1.32 bits per heavy atom. The van der Waals surface area contributed by atoms with E-state index in [1.54, 1.807) is 0 Å². The predicted molar refractivity (Wildman–Crippen MR) is 114 cm³/mol. The highest BCUT2D eigenvalue weighted by Gasteiger charge is 2.60. The van der Waals surface area contributed by atoms with E-state index in [0.29, 0.717) is 13.0 Å². The lowest BCUT2D eigenvalue weighted by Crippen LogP contribution is -2.63. The first kappa shape index (κ1) is 22.8. The molecule has 2 aromatic rings. The average molecular weight is 496 g/mol. The van der Waals surface area contributed by atoms with Crippen LogP contribution in [-0.4, -0.2) is 58.0 Å². The fourth-order valence-electron chi connectivity index (χ4n) is 4.94. The summed E-state index contributed by atoms with van der Waals surface area (Å²) in [5.41, 5.74) is -2.87. The van der Waals surface area contributed by atoms with Crippen LogP contribution in [0.15, 0.2) is 23.1 Å². The van der Waals surface area contributed by atoms with Gasteiger partial charge < -0.3 is 29.4 Å². The van der Waals surface area contributed by atoms with Gasteiger partial charge in [0.1, 0.15) is 28.3 Å². The Kier molecular flexibility index (Phi) is 5.38. The van der Waals surface area contributed by atoms with Crippen LogP contribution in [0.2, 0.25) is 5.02 Å². The van der Waals surface area contributed by atoms with Crippen LogP contribution in [0.5, 0.6) is 5.75 Å². The molecule has 12 heteroatoms. The van der Waals surface area contributed by atoms with Crippen LogP contribution in [-0.2, 0) is 16.0 Å². The summed E-state index contributed by atoms with van der Waals surface area (Å²) in [6, 6.07) is 1.18. The minimum absolute atomic E-state index is 0.0965. The lowest BCUT2D eigenvalue weighted by atomic mass is 9.91. The third kappa shape index (κ3) is 3.14. The fraction of sp³-hybridized carbons (Fsp3) is 0.409. The van der Waals surface area contributed by atoms with Crippen LogP contribution in [0, 0.1) is 11.6 Å². The molecule has 34 heavy (non-hydrogen) atoms. The summed E-state index contributed by atoms with van der Waals surface area (Å²) in [4.78, 5) is 40.5. The zero-order valence-electron chi connectivity index (χ0n) is 17.9. The van der Waals surface area contributed by atoms with Gasteiger partial charge in [-0.3, -0.25) is 14.4 Å². The van der Waals surface area contributed by atoms with E-state index in [2.05, 4.69) is 5.32 Å². The van der Waals surface area contributed by atoms with Crippen LogP contribution in [0.4, 0.5) is 8.78 Å². The van der Waals surface area contributed by atoms with E-state index in [9.17, 15) is 28.3 Å². The Morgan fingerprint density at radius 3 is 2.85 bits per heavy atom. The average Bonchev–Trinajstić information content (AvgIpc) is 3.15. The van der Waals surface area contributed by atoms with Crippen molar-refractivity contribution in [1.82, 2.24) is 14.8 Å². The van der Waals surface area contributed by atoms with Crippen molar-refractivity contribution < 1.29 is 33.0 Å². The van der Waals surface area contributed by atoms with Gasteiger partial charge in [0.2, 0.25) is 5.43 Å². The number of ether oxygens (including phenoxy) is 2. The number of pyridine rings is 1. The van der Waals surface area contributed by atoms with Crippen LogP contribution in [0.25, 0.3) is 0 Å². The number of aromatic nitrogens is 1. The Hall–Kier alpha value is -3.02. The molecule has 2 saturated heterocycles. The summed E-state index contributed by atoms with van der Waals surface area (Å²) in [6.07, 6.45) is 1.57. The molecule has 4 heterocycles. The second-order valence-corrected chi connectivity index (χ2v) is 8.89. The molecule has 1 aromatic carbocycles. The topological polar surface area (TPSA) is 110 Å². The number of hydrogen-bond acceptors (Lipinski definition) is 6. The Bertz CT molecular complexity index is 1280. The summed E-state index contributed by atoms with van der Waals surface area (Å²) in [7, 11) is 0. The maximum absolute atomic E-state index is 14.2. The monoisotopic (exact) mass is 495 g/mol. The number of fused-ring (bicyclic) bond motifs is 2. The highest BCUT2D eigenvalue weighted by Crippen LogP contribution is 2.47. The molecule has 3 aliphatic heterocycles. The minimum Gasteiger partial charge on any atom is -0.503 e. The Labute approximate surface area is 196 Å². The van der Waals surface area contributed by atoms with Crippen molar-refractivity contribution in [2.45, 2.75) is 37.7 Å². The van der Waals surface area contributed by atoms with Gasteiger partial charge in [-0.15, -0.1) is 0 Å². The lowest BCUT2D eigenvalue weighted by Gasteiger charge is -2.51. The standard InChI is InChI=1S/C22H20ClF2N3O6/c1-10-8-34-22-4-5-33-9-14(22)27-7-12(18(29)19(30)17(27)21(32)28(10)22)20(31)26-6-11-2-3-13(24)15(23)16(11)25/h2-3,7,10,14,30H,4-6,8-9H2,1H3,(H,26,31)/t10-,14?,22?/m1/s1. The number of aromatic hydroxyl groups is 1. The van der Waals surface area contributed by atoms with E-state index in [4.69, 9.17) is 21.1 Å². The molecular weight excluding hydrogens is 476 g/mol. The molecule has 0 bridgehead atoms. The van der Waals surface area contributed by atoms with Crippen LogP contribution >= 0.6 is 11.6 Å². The van der Waals surface area contributed by atoms with Crippen LogP contribution in [0.3, 0.4) is 0 Å². The number of amides is 2. The van der Waals surface area contributed by atoms with Crippen LogP contribution < -0.4 is 10.7 Å². The number of carbonyl (C=O) groups is 2. The predicted octanol–water partition coefficient (Wildman–Crippen LogP) is 1.95. The van der Waals surface area contributed by atoms with Gasteiger partial charge in [0.05, 0.1) is 25.9 Å². The lowest BCUT2D eigenvalue weighted by molar-refractivity contribution is -0.172. The van der Waals surface area contributed by atoms with Crippen molar-refractivity contribution >= 4 is 23.4 Å². The summed E-state index contributed by atoms with van der Waals surface area (Å²) < 4.78 is 40.6. The molecule has 2 unspecified atom stereocenters. The molecule has 0 radical (unpaired) electrons. The van der Waals surface area contributed by atoms with E-state index in [1.165, 1.54) is 15.7 Å². The van der Waals surface area contributed by atoms with Gasteiger partial charge in [-0.25, -0.2) is 8.78 Å². The largest absolute Gasteiger partial charge is 0.503 e. The van der Waals surface area contributed by atoms with E-state index < -0.39 is 63.5 Å². The number of halogens is 3. The molecule has 1 aromatic heterocycles. The van der Waals surface area contributed by atoms with Gasteiger partial charge >= 0.3 is 0 Å². The van der Waals surface area contributed by atoms with Gasteiger partial charge in [0, 0.05) is 24.7 Å². The van der Waals surface area contributed by atoms with Crippen molar-refractivity contribution in [1.29, 1.82) is 0 Å². The molecular formula is C22H20ClF2N3O6. The molecule has 180 valence electrons. The van der Waals surface area contributed by atoms with Crippen LogP contribution in [0.1, 0.15) is 45.8 Å². The van der Waals surface area contributed by atoms with Crippen molar-refractivity contribution in [3.63, 3.8) is 0 Å². The first-order valence-corrected chi connectivity index (χ1v) is 11.0. The van der Waals surface area contributed by atoms with E-state index >= 15 is 0 Å². The quantitative estimate of drug-likeness (QED) is 0.630. The highest BCUT2D eigenvalue weighted by atomic mass is 35.5. The molecule has 3 atom stereocenters. The van der Waals surface area contributed by atoms with Gasteiger partial charge in [-0.2, -0.15) is 0 Å². The number of hydrogen-bond donors (Lipinski definition) is 2. The minimum atomic E-state index is -1.05. The van der Waals surface area contributed by atoms with E-state index in [0.717, 1.165) is 12.1 Å². The number of nitrogens with zero attached hydrogens (tertiary/aromatic N) is 2. The van der Waals surface area contributed by atoms with E-state index in [1.807, 2.05) is 6.92 Å². The first-order valence-electron chi connectivity index (χ1n) is 10.6. The number of rotatable bonds is 3. The highest BCUT2D eigenvalue weighted by molar-refractivity contribution is 6.30. The second-order valence-electron chi connectivity index (χ2n) is 8.51. The molecule has 3 aliphatic rings. The molecule has 2 amide bonds. The molecule has 2 fully saturated rings. The first-order chi connectivity index (χ1) is 16.2. The summed E-state index contributed by atoms with van der Waals surface area (Å²) in [5, 5.41) is 12.3. The third-order valence-corrected chi connectivity index (χ3v) is 6.94.